The molecule has 0 N–H and O–H groups in total. The van der Waals surface area contributed by atoms with Gasteiger partial charge in [0.1, 0.15) is 5.15 Å². The van der Waals surface area contributed by atoms with Crippen LogP contribution in [0.25, 0.3) is 16.8 Å². The minimum Gasteiger partial charge on any atom is -0.259 e. The van der Waals surface area contributed by atoms with E-state index in [1.165, 1.54) is 6.20 Å². The van der Waals surface area contributed by atoms with E-state index in [1.54, 1.807) is 29.2 Å². The largest absolute Gasteiger partial charge is 0.259 e. The molecule has 0 unspecified atom stereocenters. The van der Waals surface area contributed by atoms with Crippen LogP contribution < -0.4 is 0 Å². The molecule has 0 amide bonds. The van der Waals surface area contributed by atoms with Crippen molar-refractivity contribution in [2.45, 2.75) is 0 Å². The predicted molar refractivity (Wildman–Crippen MR) is 66.2 cm³/mol. The molecule has 0 saturated heterocycles. The molecule has 0 aromatic carbocycles. The molecule has 0 saturated carbocycles. The van der Waals surface area contributed by atoms with Crippen LogP contribution in [-0.2, 0) is 0 Å². The van der Waals surface area contributed by atoms with Crippen molar-refractivity contribution in [2.75, 3.05) is 0 Å². The summed E-state index contributed by atoms with van der Waals surface area (Å²) in [6.45, 7) is 0. The van der Waals surface area contributed by atoms with E-state index >= 15 is 0 Å². The molecule has 0 atom stereocenters. The first kappa shape index (κ1) is 10.5. The average Bonchev–Trinajstić information content (AvgIpc) is 2.71. The van der Waals surface area contributed by atoms with Gasteiger partial charge < -0.3 is 0 Å². The molecule has 3 heterocycles. The molecule has 3 rings (SSSR count). The lowest BCUT2D eigenvalue weighted by molar-refractivity contribution is 0.961. The second-order valence-electron chi connectivity index (χ2n) is 3.46. The number of halogens is 2. The van der Waals surface area contributed by atoms with Gasteiger partial charge in [0.15, 0.2) is 0 Å². The summed E-state index contributed by atoms with van der Waals surface area (Å²) in [7, 11) is 0. The lowest BCUT2D eigenvalue weighted by atomic mass is 10.2. The van der Waals surface area contributed by atoms with Crippen molar-refractivity contribution in [3.8, 4) is 11.3 Å². The molecule has 0 fully saturated rings. The summed E-state index contributed by atoms with van der Waals surface area (Å²) in [5.41, 5.74) is 2.39. The lowest BCUT2D eigenvalue weighted by Crippen LogP contribution is -1.87. The smallest absolute Gasteiger partial charge is 0.148 e. The van der Waals surface area contributed by atoms with Crippen molar-refractivity contribution in [2.24, 2.45) is 0 Å². The molecule has 3 aromatic rings. The van der Waals surface area contributed by atoms with Crippen molar-refractivity contribution in [3.05, 3.63) is 47.1 Å². The molecule has 6 heteroatoms. The van der Waals surface area contributed by atoms with Gasteiger partial charge in [-0.25, -0.2) is 9.50 Å². The van der Waals surface area contributed by atoms with Crippen molar-refractivity contribution >= 4 is 28.7 Å². The molecule has 0 spiro atoms. The quantitative estimate of drug-likeness (QED) is 0.679. The van der Waals surface area contributed by atoms with Gasteiger partial charge in [0.25, 0.3) is 0 Å². The summed E-state index contributed by atoms with van der Waals surface area (Å²) in [6.07, 6.45) is 6.64. The van der Waals surface area contributed by atoms with Gasteiger partial charge in [-0.1, -0.05) is 23.2 Å². The SMILES string of the molecule is Clc1ccn2ncc(-c3cncc(Cl)n3)c2c1. The van der Waals surface area contributed by atoms with Gasteiger partial charge in [0.2, 0.25) is 0 Å². The minimum atomic E-state index is 0.351. The third kappa shape index (κ3) is 1.85. The van der Waals surface area contributed by atoms with E-state index < -0.39 is 0 Å². The Balaban J connectivity index is 2.27. The Bertz CT molecular complexity index is 693. The molecule has 0 aliphatic rings. The zero-order valence-corrected chi connectivity index (χ0v) is 10.0. The maximum Gasteiger partial charge on any atom is 0.148 e. The zero-order valence-electron chi connectivity index (χ0n) is 8.51. The molecule has 84 valence electrons. The minimum absolute atomic E-state index is 0.351. The average molecular weight is 265 g/mol. The normalized spacial score (nSPS) is 10.9. The Kier molecular flexibility index (Phi) is 2.46. The Labute approximate surface area is 107 Å². The predicted octanol–water partition coefficient (Wildman–Crippen LogP) is 3.10. The Morgan fingerprint density at radius 1 is 1.12 bits per heavy atom. The van der Waals surface area contributed by atoms with E-state index in [9.17, 15) is 0 Å². The van der Waals surface area contributed by atoms with E-state index in [1.807, 2.05) is 6.07 Å². The number of pyridine rings is 1. The Morgan fingerprint density at radius 3 is 2.82 bits per heavy atom. The summed E-state index contributed by atoms with van der Waals surface area (Å²) < 4.78 is 1.73. The van der Waals surface area contributed by atoms with E-state index in [0.29, 0.717) is 15.9 Å². The molecule has 3 aromatic heterocycles. The van der Waals surface area contributed by atoms with Crippen molar-refractivity contribution in [1.82, 2.24) is 19.6 Å². The number of hydrogen-bond donors (Lipinski definition) is 0. The summed E-state index contributed by atoms with van der Waals surface area (Å²) >= 11 is 11.8. The highest BCUT2D eigenvalue weighted by molar-refractivity contribution is 6.31. The molecule has 0 aliphatic heterocycles. The molecule has 4 nitrogen and oxygen atoms in total. The van der Waals surface area contributed by atoms with E-state index in [4.69, 9.17) is 23.2 Å². The highest BCUT2D eigenvalue weighted by atomic mass is 35.5. The van der Waals surface area contributed by atoms with Gasteiger partial charge in [-0.3, -0.25) is 4.98 Å². The van der Waals surface area contributed by atoms with Crippen molar-refractivity contribution in [3.63, 3.8) is 0 Å². The number of aromatic nitrogens is 4. The van der Waals surface area contributed by atoms with E-state index in [2.05, 4.69) is 15.1 Å². The molecular weight excluding hydrogens is 259 g/mol. The van der Waals surface area contributed by atoms with Crippen LogP contribution >= 0.6 is 23.2 Å². The maximum atomic E-state index is 5.96. The maximum absolute atomic E-state index is 5.96. The highest BCUT2D eigenvalue weighted by Gasteiger charge is 2.09. The molecule has 0 bridgehead atoms. The number of hydrogen-bond acceptors (Lipinski definition) is 3. The zero-order chi connectivity index (χ0) is 11.8. The van der Waals surface area contributed by atoms with Crippen LogP contribution in [0.5, 0.6) is 0 Å². The van der Waals surface area contributed by atoms with Crippen LogP contribution in [0, 0.1) is 0 Å². The summed E-state index contributed by atoms with van der Waals surface area (Å²) in [4.78, 5) is 8.21. The Hall–Kier alpha value is -1.65. The van der Waals surface area contributed by atoms with Gasteiger partial charge in [-0.15, -0.1) is 0 Å². The second kappa shape index (κ2) is 3.98. The Morgan fingerprint density at radius 2 is 2.00 bits per heavy atom. The topological polar surface area (TPSA) is 43.1 Å². The fourth-order valence-corrected chi connectivity index (χ4v) is 1.93. The third-order valence-electron chi connectivity index (χ3n) is 2.36. The van der Waals surface area contributed by atoms with E-state index in [0.717, 1.165) is 11.1 Å². The van der Waals surface area contributed by atoms with Crippen molar-refractivity contribution in [1.29, 1.82) is 0 Å². The first-order chi connectivity index (χ1) is 8.24. The van der Waals surface area contributed by atoms with Crippen LogP contribution in [0.1, 0.15) is 0 Å². The first-order valence-electron chi connectivity index (χ1n) is 4.85. The lowest BCUT2D eigenvalue weighted by Gasteiger charge is -1.99. The van der Waals surface area contributed by atoms with Crippen molar-refractivity contribution < 1.29 is 0 Å². The van der Waals surface area contributed by atoms with Gasteiger partial charge in [-0.05, 0) is 12.1 Å². The monoisotopic (exact) mass is 264 g/mol. The standard InChI is InChI=1S/C11H6Cl2N4/c12-7-1-2-17-10(3-7)8(4-15-17)9-5-14-6-11(13)16-9/h1-6H. The van der Waals surface area contributed by atoms with Crippen LogP contribution in [0.2, 0.25) is 10.2 Å². The fraction of sp³-hybridized carbons (Fsp3) is 0. The van der Waals surface area contributed by atoms with Gasteiger partial charge in [0, 0.05) is 16.8 Å². The van der Waals surface area contributed by atoms with E-state index in [-0.39, 0.29) is 0 Å². The third-order valence-corrected chi connectivity index (χ3v) is 2.78. The number of fused-ring (bicyclic) bond motifs is 1. The van der Waals surface area contributed by atoms with Gasteiger partial charge in [0.05, 0.1) is 29.8 Å². The number of nitrogens with zero attached hydrogens (tertiary/aromatic N) is 4. The molecule has 0 aliphatic carbocycles. The summed E-state index contributed by atoms with van der Waals surface area (Å²) in [5, 5.41) is 5.21. The fourth-order valence-electron chi connectivity index (χ4n) is 1.62. The molecular formula is C11H6Cl2N4. The van der Waals surface area contributed by atoms with Crippen LogP contribution in [-0.4, -0.2) is 19.6 Å². The summed E-state index contributed by atoms with van der Waals surface area (Å²) in [6, 6.07) is 3.60. The second-order valence-corrected chi connectivity index (χ2v) is 4.28. The van der Waals surface area contributed by atoms with Crippen LogP contribution in [0.3, 0.4) is 0 Å². The number of rotatable bonds is 1. The summed E-state index contributed by atoms with van der Waals surface area (Å²) in [5.74, 6) is 0. The highest BCUT2D eigenvalue weighted by Crippen LogP contribution is 2.24. The molecule has 0 radical (unpaired) electrons. The van der Waals surface area contributed by atoms with Crippen LogP contribution in [0.15, 0.2) is 36.9 Å². The van der Waals surface area contributed by atoms with Crippen LogP contribution in [0.4, 0.5) is 0 Å². The van der Waals surface area contributed by atoms with Gasteiger partial charge >= 0.3 is 0 Å². The first-order valence-corrected chi connectivity index (χ1v) is 5.60. The van der Waals surface area contributed by atoms with Gasteiger partial charge in [-0.2, -0.15) is 5.10 Å². The molecule has 17 heavy (non-hydrogen) atoms.